The molecule has 1 heteroatoms. The Morgan fingerprint density at radius 1 is 1.38 bits per heavy atom. The van der Waals surface area contributed by atoms with Crippen LogP contribution >= 0.6 is 0 Å². The van der Waals surface area contributed by atoms with Crippen LogP contribution in [0.15, 0.2) is 23.0 Å². The summed E-state index contributed by atoms with van der Waals surface area (Å²) >= 11 is 0. The fraction of sp³-hybridized carbons (Fsp3) is 0.429. The molecular formula is C7H14O. The van der Waals surface area contributed by atoms with Gasteiger partial charge < -0.3 is 4.42 Å². The first kappa shape index (κ1) is 10.3. The van der Waals surface area contributed by atoms with Gasteiger partial charge in [0.05, 0.1) is 12.5 Å². The van der Waals surface area contributed by atoms with E-state index >= 15 is 0 Å². The van der Waals surface area contributed by atoms with Gasteiger partial charge in [0.25, 0.3) is 0 Å². The predicted molar refractivity (Wildman–Crippen MR) is 36.9 cm³/mol. The summed E-state index contributed by atoms with van der Waals surface area (Å²) < 4.78 is 4.71. The molecule has 0 saturated heterocycles. The van der Waals surface area contributed by atoms with Crippen LogP contribution in [0.5, 0.6) is 0 Å². The Balaban J connectivity index is 0. The standard InChI is InChI=1S/C5H6O.2CH4/c1-5-2-3-6-4-5;;/h2-4H,1H3;2*1H4. The van der Waals surface area contributed by atoms with Crippen molar-refractivity contribution in [3.63, 3.8) is 0 Å². The van der Waals surface area contributed by atoms with Crippen molar-refractivity contribution in [1.82, 2.24) is 0 Å². The van der Waals surface area contributed by atoms with Gasteiger partial charge in [-0.25, -0.2) is 0 Å². The van der Waals surface area contributed by atoms with Crippen molar-refractivity contribution in [1.29, 1.82) is 0 Å². The van der Waals surface area contributed by atoms with E-state index in [0.29, 0.717) is 0 Å². The molecule has 0 saturated carbocycles. The van der Waals surface area contributed by atoms with E-state index in [2.05, 4.69) is 0 Å². The van der Waals surface area contributed by atoms with Gasteiger partial charge in [-0.05, 0) is 18.6 Å². The first-order chi connectivity index (χ1) is 2.89. The number of furan rings is 1. The summed E-state index contributed by atoms with van der Waals surface area (Å²) in [6, 6.07) is 1.92. The van der Waals surface area contributed by atoms with Gasteiger partial charge in [-0.1, -0.05) is 14.9 Å². The molecule has 0 aromatic carbocycles. The lowest BCUT2D eigenvalue weighted by molar-refractivity contribution is 0.565. The third kappa shape index (κ3) is 2.45. The zero-order valence-corrected chi connectivity index (χ0v) is 3.64. The molecule has 0 amide bonds. The lowest BCUT2D eigenvalue weighted by Gasteiger charge is -1.63. The summed E-state index contributed by atoms with van der Waals surface area (Å²) in [6.07, 6.45) is 3.37. The highest BCUT2D eigenvalue weighted by atomic mass is 16.3. The van der Waals surface area contributed by atoms with E-state index in [1.54, 1.807) is 12.5 Å². The van der Waals surface area contributed by atoms with E-state index in [9.17, 15) is 0 Å². The average Bonchev–Trinajstić information content (AvgIpc) is 1.86. The van der Waals surface area contributed by atoms with Crippen LogP contribution in [-0.2, 0) is 0 Å². The monoisotopic (exact) mass is 114 g/mol. The average molecular weight is 114 g/mol. The molecule has 0 atom stereocenters. The summed E-state index contributed by atoms with van der Waals surface area (Å²) in [5.74, 6) is 0. The van der Waals surface area contributed by atoms with E-state index in [1.165, 1.54) is 5.56 Å². The smallest absolute Gasteiger partial charge is 0.0931 e. The minimum absolute atomic E-state index is 0. The van der Waals surface area contributed by atoms with Crippen LogP contribution in [-0.4, -0.2) is 0 Å². The van der Waals surface area contributed by atoms with Gasteiger partial charge in [0.2, 0.25) is 0 Å². The Hall–Kier alpha value is -0.720. The van der Waals surface area contributed by atoms with Crippen molar-refractivity contribution in [3.8, 4) is 0 Å². The molecule has 1 nitrogen and oxygen atoms in total. The highest BCUT2D eigenvalue weighted by molar-refractivity contribution is 5.00. The molecule has 1 rings (SSSR count). The maximum atomic E-state index is 4.71. The molecular weight excluding hydrogens is 100 g/mol. The summed E-state index contributed by atoms with van der Waals surface area (Å²) in [6.45, 7) is 1.99. The van der Waals surface area contributed by atoms with Gasteiger partial charge in [-0.2, -0.15) is 0 Å². The molecule has 0 N–H and O–H groups in total. The summed E-state index contributed by atoms with van der Waals surface area (Å²) in [4.78, 5) is 0. The maximum absolute atomic E-state index is 4.71. The minimum Gasteiger partial charge on any atom is -0.472 e. The predicted octanol–water partition coefficient (Wildman–Crippen LogP) is 2.86. The molecule has 0 fully saturated rings. The van der Waals surface area contributed by atoms with Crippen LogP contribution in [0.2, 0.25) is 0 Å². The third-order valence-electron chi connectivity index (χ3n) is 0.663. The molecule has 0 aliphatic carbocycles. The fourth-order valence-electron chi connectivity index (χ4n) is 0.333. The van der Waals surface area contributed by atoms with Crippen molar-refractivity contribution in [2.24, 2.45) is 0 Å². The molecule has 0 bridgehead atoms. The third-order valence-corrected chi connectivity index (χ3v) is 0.663. The second-order valence-corrected chi connectivity index (χ2v) is 1.30. The van der Waals surface area contributed by atoms with E-state index in [1.807, 2.05) is 13.0 Å². The molecule has 0 spiro atoms. The van der Waals surface area contributed by atoms with E-state index in [-0.39, 0.29) is 14.9 Å². The van der Waals surface area contributed by atoms with Crippen LogP contribution in [0, 0.1) is 6.92 Å². The first-order valence-electron chi connectivity index (χ1n) is 1.88. The molecule has 0 aliphatic rings. The highest BCUT2D eigenvalue weighted by Crippen LogP contribution is 1.93. The van der Waals surface area contributed by atoms with Crippen LogP contribution < -0.4 is 0 Å². The van der Waals surface area contributed by atoms with Gasteiger partial charge in [0, 0.05) is 0 Å². The fourth-order valence-corrected chi connectivity index (χ4v) is 0.333. The van der Waals surface area contributed by atoms with Crippen molar-refractivity contribution in [2.75, 3.05) is 0 Å². The van der Waals surface area contributed by atoms with Crippen LogP contribution in [0.4, 0.5) is 0 Å². The quantitative estimate of drug-likeness (QED) is 0.505. The van der Waals surface area contributed by atoms with Crippen molar-refractivity contribution in [2.45, 2.75) is 21.8 Å². The summed E-state index contributed by atoms with van der Waals surface area (Å²) in [5, 5.41) is 0. The van der Waals surface area contributed by atoms with E-state index in [4.69, 9.17) is 4.42 Å². The zero-order valence-electron chi connectivity index (χ0n) is 3.64. The number of aryl methyl sites for hydroxylation is 1. The Morgan fingerprint density at radius 2 is 2.00 bits per heavy atom. The molecule has 0 unspecified atom stereocenters. The lowest BCUT2D eigenvalue weighted by Crippen LogP contribution is -1.48. The van der Waals surface area contributed by atoms with E-state index in [0.717, 1.165) is 0 Å². The molecule has 8 heavy (non-hydrogen) atoms. The minimum atomic E-state index is 0. The van der Waals surface area contributed by atoms with Crippen LogP contribution in [0.3, 0.4) is 0 Å². The van der Waals surface area contributed by atoms with Crippen LogP contribution in [0.1, 0.15) is 20.4 Å². The van der Waals surface area contributed by atoms with Crippen molar-refractivity contribution in [3.05, 3.63) is 24.2 Å². The molecule has 0 aliphatic heterocycles. The Bertz CT molecular complexity index is 108. The maximum Gasteiger partial charge on any atom is 0.0931 e. The SMILES string of the molecule is C.C.Cc1ccoc1. The van der Waals surface area contributed by atoms with Gasteiger partial charge in [0.15, 0.2) is 0 Å². The number of hydrogen-bond donors (Lipinski definition) is 0. The van der Waals surface area contributed by atoms with Gasteiger partial charge in [0.1, 0.15) is 0 Å². The van der Waals surface area contributed by atoms with Gasteiger partial charge in [-0.15, -0.1) is 0 Å². The Labute approximate surface area is 51.3 Å². The molecule has 0 radical (unpaired) electrons. The second-order valence-electron chi connectivity index (χ2n) is 1.30. The number of hydrogen-bond acceptors (Lipinski definition) is 1. The largest absolute Gasteiger partial charge is 0.472 e. The van der Waals surface area contributed by atoms with Gasteiger partial charge >= 0.3 is 0 Å². The Morgan fingerprint density at radius 3 is 2.12 bits per heavy atom. The van der Waals surface area contributed by atoms with Crippen LogP contribution in [0.25, 0.3) is 0 Å². The Kier molecular flexibility index (Phi) is 5.71. The molecule has 1 aromatic rings. The molecule has 1 aromatic heterocycles. The zero-order chi connectivity index (χ0) is 4.41. The van der Waals surface area contributed by atoms with Crippen molar-refractivity contribution >= 4 is 0 Å². The normalized spacial score (nSPS) is 6.62. The molecule has 1 heterocycles. The molecule has 48 valence electrons. The van der Waals surface area contributed by atoms with E-state index < -0.39 is 0 Å². The lowest BCUT2D eigenvalue weighted by atomic mass is 10.4. The number of rotatable bonds is 0. The highest BCUT2D eigenvalue weighted by Gasteiger charge is 1.75. The van der Waals surface area contributed by atoms with Crippen molar-refractivity contribution < 1.29 is 4.42 Å². The second kappa shape index (κ2) is 4.44. The van der Waals surface area contributed by atoms with Gasteiger partial charge in [-0.3, -0.25) is 0 Å². The topological polar surface area (TPSA) is 13.1 Å². The summed E-state index contributed by atoms with van der Waals surface area (Å²) in [5.41, 5.74) is 1.18. The first-order valence-corrected chi connectivity index (χ1v) is 1.88. The summed E-state index contributed by atoms with van der Waals surface area (Å²) in [7, 11) is 0.